The number of thiazole rings is 1. The van der Waals surface area contributed by atoms with Gasteiger partial charge < -0.3 is 10.0 Å². The van der Waals surface area contributed by atoms with Crippen molar-refractivity contribution in [2.75, 3.05) is 26.2 Å². The van der Waals surface area contributed by atoms with Gasteiger partial charge in [0.1, 0.15) is 9.88 Å². The van der Waals surface area contributed by atoms with Crippen molar-refractivity contribution in [2.24, 2.45) is 0 Å². The molecule has 1 N–H and O–H groups in total. The second-order valence-electron chi connectivity index (χ2n) is 5.56. The monoisotopic (exact) mass is 311 g/mol. The molecule has 0 radical (unpaired) electrons. The van der Waals surface area contributed by atoms with Gasteiger partial charge in [-0.2, -0.15) is 0 Å². The minimum atomic E-state index is -0.899. The van der Waals surface area contributed by atoms with Crippen LogP contribution in [0, 0.1) is 0 Å². The van der Waals surface area contributed by atoms with E-state index in [2.05, 4.69) is 9.88 Å². The zero-order chi connectivity index (χ0) is 15.6. The van der Waals surface area contributed by atoms with Crippen LogP contribution in [0.1, 0.15) is 47.1 Å². The third-order valence-corrected chi connectivity index (χ3v) is 4.66. The predicted molar refractivity (Wildman–Crippen MR) is 80.7 cm³/mol. The number of piperazine rings is 1. The van der Waals surface area contributed by atoms with Gasteiger partial charge in [0, 0.05) is 33.1 Å². The summed E-state index contributed by atoms with van der Waals surface area (Å²) in [6.07, 6.45) is 0. The third-order valence-electron chi connectivity index (χ3n) is 3.62. The molecule has 1 aliphatic rings. The molecule has 1 amide bonds. The molecular formula is C14H21N3O3S. The maximum atomic E-state index is 11.3. The molecule has 0 saturated carbocycles. The molecule has 21 heavy (non-hydrogen) atoms. The van der Waals surface area contributed by atoms with E-state index in [4.69, 9.17) is 0 Å². The maximum Gasteiger partial charge on any atom is 0.347 e. The summed E-state index contributed by atoms with van der Waals surface area (Å²) >= 11 is 1.26. The molecule has 0 aliphatic carbocycles. The predicted octanol–water partition coefficient (Wildman–Crippen LogP) is 1.63. The first-order valence-electron chi connectivity index (χ1n) is 7.09. The molecule has 2 rings (SSSR count). The van der Waals surface area contributed by atoms with E-state index in [1.807, 2.05) is 18.7 Å². The highest BCUT2D eigenvalue weighted by Crippen LogP contribution is 2.26. The summed E-state index contributed by atoms with van der Waals surface area (Å²) in [7, 11) is 0. The van der Waals surface area contributed by atoms with Gasteiger partial charge in [-0.15, -0.1) is 11.3 Å². The van der Waals surface area contributed by atoms with Crippen molar-refractivity contribution in [3.63, 3.8) is 0 Å². The summed E-state index contributed by atoms with van der Waals surface area (Å²) < 4.78 is 0. The Labute approximate surface area is 128 Å². The fourth-order valence-corrected chi connectivity index (χ4v) is 3.50. The number of carbonyl (C=O) groups excluding carboxylic acids is 1. The molecule has 7 heteroatoms. The lowest BCUT2D eigenvalue weighted by Crippen LogP contribution is -2.47. The van der Waals surface area contributed by atoms with Crippen molar-refractivity contribution in [1.82, 2.24) is 14.8 Å². The van der Waals surface area contributed by atoms with E-state index in [1.54, 1.807) is 6.92 Å². The van der Waals surface area contributed by atoms with Crippen molar-refractivity contribution < 1.29 is 14.7 Å². The fourth-order valence-electron chi connectivity index (χ4n) is 2.40. The third kappa shape index (κ3) is 3.79. The van der Waals surface area contributed by atoms with Gasteiger partial charge in [0.2, 0.25) is 5.91 Å². The average molecular weight is 311 g/mol. The lowest BCUT2D eigenvalue weighted by Gasteiger charge is -2.33. The largest absolute Gasteiger partial charge is 0.477 e. The summed E-state index contributed by atoms with van der Waals surface area (Å²) in [6, 6.07) is 0. The van der Waals surface area contributed by atoms with Gasteiger partial charge in [0.25, 0.3) is 0 Å². The second kappa shape index (κ2) is 6.53. The van der Waals surface area contributed by atoms with E-state index in [0.717, 1.165) is 31.2 Å². The van der Waals surface area contributed by atoms with Crippen molar-refractivity contribution in [1.29, 1.82) is 0 Å². The highest BCUT2D eigenvalue weighted by Gasteiger charge is 2.23. The Balaban J connectivity index is 2.02. The van der Waals surface area contributed by atoms with Crippen LogP contribution in [0.3, 0.4) is 0 Å². The zero-order valence-corrected chi connectivity index (χ0v) is 13.4. The molecule has 6 nitrogen and oxygen atoms in total. The molecule has 0 aromatic carbocycles. The van der Waals surface area contributed by atoms with E-state index in [1.165, 1.54) is 11.3 Å². The number of aromatic nitrogens is 1. The number of hydrogen-bond acceptors (Lipinski definition) is 5. The smallest absolute Gasteiger partial charge is 0.347 e. The number of aromatic carboxylic acids is 1. The van der Waals surface area contributed by atoms with Gasteiger partial charge in [-0.3, -0.25) is 9.69 Å². The van der Waals surface area contributed by atoms with E-state index >= 15 is 0 Å². The first kappa shape index (κ1) is 15.9. The van der Waals surface area contributed by atoms with Crippen molar-refractivity contribution in [3.8, 4) is 0 Å². The SMILES string of the molecule is CC(=O)N1CCN(Cc2nc(C(C)C)c(C(=O)O)s2)CC1. The van der Waals surface area contributed by atoms with Crippen LogP contribution < -0.4 is 0 Å². The first-order chi connectivity index (χ1) is 9.88. The number of carboxylic acids is 1. The summed E-state index contributed by atoms with van der Waals surface area (Å²) in [5.41, 5.74) is 0.671. The lowest BCUT2D eigenvalue weighted by molar-refractivity contribution is -0.130. The summed E-state index contributed by atoms with van der Waals surface area (Å²) in [4.78, 5) is 31.5. The van der Waals surface area contributed by atoms with Crippen molar-refractivity contribution in [3.05, 3.63) is 15.6 Å². The normalized spacial score (nSPS) is 16.5. The van der Waals surface area contributed by atoms with Crippen LogP contribution in [0.2, 0.25) is 0 Å². The molecule has 1 aliphatic heterocycles. The van der Waals surface area contributed by atoms with Crippen LogP contribution in [-0.2, 0) is 11.3 Å². The fraction of sp³-hybridized carbons (Fsp3) is 0.643. The van der Waals surface area contributed by atoms with Crippen molar-refractivity contribution in [2.45, 2.75) is 33.2 Å². The zero-order valence-electron chi connectivity index (χ0n) is 12.6. The van der Waals surface area contributed by atoms with Crippen LogP contribution in [0.5, 0.6) is 0 Å². The second-order valence-corrected chi connectivity index (χ2v) is 6.65. The number of nitrogens with zero attached hydrogens (tertiary/aromatic N) is 3. The number of carboxylic acid groups (broad SMARTS) is 1. The molecule has 0 atom stereocenters. The Kier molecular flexibility index (Phi) is 4.95. The van der Waals surface area contributed by atoms with E-state index in [0.29, 0.717) is 17.1 Å². The van der Waals surface area contributed by atoms with Gasteiger partial charge in [0.15, 0.2) is 0 Å². The van der Waals surface area contributed by atoms with Gasteiger partial charge in [-0.25, -0.2) is 9.78 Å². The summed E-state index contributed by atoms with van der Waals surface area (Å²) in [5, 5.41) is 10.1. The molecule has 1 fully saturated rings. The summed E-state index contributed by atoms with van der Waals surface area (Å²) in [5.74, 6) is -0.682. The number of amides is 1. The topological polar surface area (TPSA) is 73.7 Å². The first-order valence-corrected chi connectivity index (χ1v) is 7.91. The number of hydrogen-bond donors (Lipinski definition) is 1. The van der Waals surface area contributed by atoms with Gasteiger partial charge >= 0.3 is 5.97 Å². The maximum absolute atomic E-state index is 11.3. The van der Waals surface area contributed by atoms with Crippen LogP contribution in [-0.4, -0.2) is 57.9 Å². The van der Waals surface area contributed by atoms with E-state index in [-0.39, 0.29) is 11.8 Å². The molecule has 1 saturated heterocycles. The Morgan fingerprint density at radius 1 is 1.29 bits per heavy atom. The van der Waals surface area contributed by atoms with Gasteiger partial charge in [-0.1, -0.05) is 13.8 Å². The molecule has 0 unspecified atom stereocenters. The van der Waals surface area contributed by atoms with Crippen LogP contribution in [0.25, 0.3) is 0 Å². The number of carbonyl (C=O) groups is 2. The molecular weight excluding hydrogens is 290 g/mol. The standard InChI is InChI=1S/C14H21N3O3S/c1-9(2)12-13(14(19)20)21-11(15-12)8-16-4-6-17(7-5-16)10(3)18/h9H,4-8H2,1-3H3,(H,19,20). The van der Waals surface area contributed by atoms with E-state index < -0.39 is 5.97 Å². The Bertz CT molecular complexity index is 534. The minimum absolute atomic E-state index is 0.107. The van der Waals surface area contributed by atoms with Crippen LogP contribution >= 0.6 is 11.3 Å². The minimum Gasteiger partial charge on any atom is -0.477 e. The van der Waals surface area contributed by atoms with Crippen molar-refractivity contribution >= 4 is 23.2 Å². The molecule has 0 spiro atoms. The highest BCUT2D eigenvalue weighted by atomic mass is 32.1. The molecule has 116 valence electrons. The Hall–Kier alpha value is -1.47. The molecule has 1 aromatic heterocycles. The molecule has 1 aromatic rings. The van der Waals surface area contributed by atoms with Crippen LogP contribution in [0.4, 0.5) is 0 Å². The summed E-state index contributed by atoms with van der Waals surface area (Å²) in [6.45, 7) is 9.21. The molecule has 2 heterocycles. The lowest BCUT2D eigenvalue weighted by atomic mass is 10.1. The molecule has 0 bridgehead atoms. The Morgan fingerprint density at radius 2 is 1.90 bits per heavy atom. The highest BCUT2D eigenvalue weighted by molar-refractivity contribution is 7.13. The van der Waals surface area contributed by atoms with Crippen LogP contribution in [0.15, 0.2) is 0 Å². The quantitative estimate of drug-likeness (QED) is 0.915. The Morgan fingerprint density at radius 3 is 2.33 bits per heavy atom. The number of rotatable bonds is 4. The van der Waals surface area contributed by atoms with Gasteiger partial charge in [-0.05, 0) is 5.92 Å². The average Bonchev–Trinajstić information content (AvgIpc) is 2.83. The van der Waals surface area contributed by atoms with Gasteiger partial charge in [0.05, 0.1) is 12.2 Å². The van der Waals surface area contributed by atoms with E-state index in [9.17, 15) is 14.7 Å².